The van der Waals surface area contributed by atoms with Crippen molar-refractivity contribution in [2.75, 3.05) is 11.5 Å². The third-order valence-electron chi connectivity index (χ3n) is 10.00. The minimum atomic E-state index is -2.25. The van der Waals surface area contributed by atoms with Crippen molar-refractivity contribution >= 4 is 34.3 Å². The van der Waals surface area contributed by atoms with Crippen LogP contribution in [-0.2, 0) is 22.3 Å². The SMILES string of the molecule is Cc1noc(C)c1Cn1cc(N2C(=O)N(Cc3cccc(O[Si](C)(C)C(C)(C)C)c3)C(C)(CO[Si](C)(C)C(C)(C)C)C2=O)cn1. The predicted molar refractivity (Wildman–Crippen MR) is 182 cm³/mol. The predicted octanol–water partition coefficient (Wildman–Crippen LogP) is 7.67. The molecule has 0 aliphatic carbocycles. The normalized spacial score (nSPS) is 18.3. The monoisotopic (exact) mass is 653 g/mol. The number of carbonyl (C=O) groups is 2. The molecule has 3 amide bonds. The summed E-state index contributed by atoms with van der Waals surface area (Å²) in [7, 11) is -4.32. The van der Waals surface area contributed by atoms with Crippen molar-refractivity contribution in [1.82, 2.24) is 19.8 Å². The molecule has 2 aromatic heterocycles. The molecule has 0 radical (unpaired) electrons. The first-order valence-electron chi connectivity index (χ1n) is 15.6. The quantitative estimate of drug-likeness (QED) is 0.163. The molecule has 1 aromatic carbocycles. The van der Waals surface area contributed by atoms with Crippen LogP contribution in [-0.4, -0.2) is 60.6 Å². The molecule has 0 N–H and O–H groups in total. The van der Waals surface area contributed by atoms with Crippen LogP contribution >= 0.6 is 0 Å². The van der Waals surface area contributed by atoms with Crippen LogP contribution in [0.3, 0.4) is 0 Å². The zero-order chi connectivity index (χ0) is 33.8. The van der Waals surface area contributed by atoms with E-state index in [1.165, 1.54) is 4.90 Å². The molecular formula is C33H51N5O5Si2. The van der Waals surface area contributed by atoms with Crippen molar-refractivity contribution in [3.63, 3.8) is 0 Å². The summed E-state index contributed by atoms with van der Waals surface area (Å²) in [6.45, 7) is 28.1. The second-order valence-corrected chi connectivity index (χ2v) is 25.1. The Hall–Kier alpha value is -3.23. The molecular weight excluding hydrogens is 603 g/mol. The number of imide groups is 1. The molecule has 0 spiro atoms. The number of amides is 3. The van der Waals surface area contributed by atoms with E-state index in [1.54, 1.807) is 22.0 Å². The highest BCUT2D eigenvalue weighted by Gasteiger charge is 2.56. The van der Waals surface area contributed by atoms with Gasteiger partial charge in [-0.05, 0) is 74.7 Å². The number of anilines is 1. The van der Waals surface area contributed by atoms with Crippen molar-refractivity contribution in [3.8, 4) is 5.75 Å². The van der Waals surface area contributed by atoms with E-state index in [0.29, 0.717) is 18.0 Å². The zero-order valence-corrected chi connectivity index (χ0v) is 31.4. The van der Waals surface area contributed by atoms with Gasteiger partial charge in [0.05, 0.1) is 30.7 Å². The van der Waals surface area contributed by atoms with Gasteiger partial charge in [-0.15, -0.1) is 0 Å². The average Bonchev–Trinajstić information content (AvgIpc) is 3.55. The van der Waals surface area contributed by atoms with E-state index in [1.807, 2.05) is 45.0 Å². The summed E-state index contributed by atoms with van der Waals surface area (Å²) in [6, 6.07) is 7.45. The fourth-order valence-electron chi connectivity index (χ4n) is 4.70. The molecule has 3 aromatic rings. The summed E-state index contributed by atoms with van der Waals surface area (Å²) in [5.41, 5.74) is 1.75. The molecule has 45 heavy (non-hydrogen) atoms. The Morgan fingerprint density at radius 1 is 0.956 bits per heavy atom. The highest BCUT2D eigenvalue weighted by atomic mass is 28.4. The first-order chi connectivity index (χ1) is 20.6. The van der Waals surface area contributed by atoms with Gasteiger partial charge in [-0.25, -0.2) is 9.69 Å². The molecule has 0 saturated carbocycles. The Morgan fingerprint density at radius 3 is 2.18 bits per heavy atom. The first kappa shape index (κ1) is 34.6. The lowest BCUT2D eigenvalue weighted by molar-refractivity contribution is -0.126. The van der Waals surface area contributed by atoms with E-state index in [9.17, 15) is 9.59 Å². The highest BCUT2D eigenvalue weighted by Crippen LogP contribution is 2.41. The maximum atomic E-state index is 14.3. The van der Waals surface area contributed by atoms with Crippen molar-refractivity contribution < 1.29 is 23.0 Å². The molecule has 1 aliphatic rings. The van der Waals surface area contributed by atoms with Gasteiger partial charge in [-0.1, -0.05) is 58.8 Å². The Labute approximate surface area is 270 Å². The van der Waals surface area contributed by atoms with Crippen LogP contribution in [0, 0.1) is 13.8 Å². The van der Waals surface area contributed by atoms with E-state index >= 15 is 0 Å². The molecule has 1 saturated heterocycles. The summed E-state index contributed by atoms with van der Waals surface area (Å²) >= 11 is 0. The van der Waals surface area contributed by atoms with E-state index in [-0.39, 0.29) is 29.1 Å². The van der Waals surface area contributed by atoms with Gasteiger partial charge >= 0.3 is 6.03 Å². The number of benzene rings is 1. The number of urea groups is 1. The lowest BCUT2D eigenvalue weighted by Gasteiger charge is -2.40. The zero-order valence-electron chi connectivity index (χ0n) is 29.4. The van der Waals surface area contributed by atoms with Gasteiger partial charge < -0.3 is 18.3 Å². The molecule has 12 heteroatoms. The smallest absolute Gasteiger partial charge is 0.332 e. The van der Waals surface area contributed by atoms with Crippen LogP contribution in [0.5, 0.6) is 5.75 Å². The minimum absolute atomic E-state index is 0.0382. The van der Waals surface area contributed by atoms with Gasteiger partial charge in [-0.3, -0.25) is 9.48 Å². The molecule has 1 atom stereocenters. The Morgan fingerprint density at radius 2 is 1.60 bits per heavy atom. The lowest BCUT2D eigenvalue weighted by Crippen LogP contribution is -2.54. The van der Waals surface area contributed by atoms with Crippen LogP contribution in [0.2, 0.25) is 36.3 Å². The van der Waals surface area contributed by atoms with Crippen molar-refractivity contribution in [2.45, 2.75) is 117 Å². The second-order valence-electron chi connectivity index (χ2n) is 15.5. The Kier molecular flexibility index (Phi) is 9.12. The largest absolute Gasteiger partial charge is 0.543 e. The molecule has 4 rings (SSSR count). The van der Waals surface area contributed by atoms with Gasteiger partial charge in [-0.2, -0.15) is 5.10 Å². The third-order valence-corrected chi connectivity index (χ3v) is 18.8. The number of carbonyl (C=O) groups excluding carboxylic acids is 2. The molecule has 1 unspecified atom stereocenters. The van der Waals surface area contributed by atoms with Crippen molar-refractivity contribution in [3.05, 3.63) is 59.2 Å². The van der Waals surface area contributed by atoms with Crippen LogP contribution in [0.4, 0.5) is 10.5 Å². The lowest BCUT2D eigenvalue weighted by atomic mass is 10.0. The van der Waals surface area contributed by atoms with Crippen molar-refractivity contribution in [1.29, 1.82) is 0 Å². The van der Waals surface area contributed by atoms with Gasteiger partial charge in [0, 0.05) is 18.3 Å². The first-order valence-corrected chi connectivity index (χ1v) is 21.4. The van der Waals surface area contributed by atoms with Gasteiger partial charge in [0.15, 0.2) is 8.32 Å². The van der Waals surface area contributed by atoms with E-state index in [2.05, 4.69) is 78.0 Å². The maximum Gasteiger partial charge on any atom is 0.332 e. The van der Waals surface area contributed by atoms with Gasteiger partial charge in [0.25, 0.3) is 5.91 Å². The van der Waals surface area contributed by atoms with E-state index in [4.69, 9.17) is 13.4 Å². The third kappa shape index (κ3) is 6.82. The maximum absolute atomic E-state index is 14.3. The summed E-state index contributed by atoms with van der Waals surface area (Å²) in [6.07, 6.45) is 3.27. The fraction of sp³-hybridized carbons (Fsp3) is 0.576. The van der Waals surface area contributed by atoms with E-state index in [0.717, 1.165) is 22.6 Å². The molecule has 1 fully saturated rings. The number of aryl methyl sites for hydroxylation is 2. The number of rotatable bonds is 10. The molecule has 10 nitrogen and oxygen atoms in total. The topological polar surface area (TPSA) is 103 Å². The van der Waals surface area contributed by atoms with Gasteiger partial charge in [0.1, 0.15) is 17.0 Å². The molecule has 1 aliphatic heterocycles. The summed E-state index contributed by atoms with van der Waals surface area (Å²) in [4.78, 5) is 31.4. The standard InChI is InChI=1S/C33H51N5O5Si2/c1-23-28(24(2)42-35-23)21-36-20-26(18-34-36)38-29(39)33(9,22-41-44(10,11)31(3,4)5)37(30(38)40)19-25-15-14-16-27(17-25)43-45(12,13)32(6,7)8/h14-18,20H,19,21-22H2,1-13H3. The summed E-state index contributed by atoms with van der Waals surface area (Å²) in [5, 5.41) is 8.47. The van der Waals surface area contributed by atoms with Crippen molar-refractivity contribution in [2.24, 2.45) is 0 Å². The van der Waals surface area contributed by atoms with Crippen LogP contribution in [0.25, 0.3) is 0 Å². The summed E-state index contributed by atoms with van der Waals surface area (Å²) in [5.74, 6) is 1.14. The van der Waals surface area contributed by atoms with E-state index < -0.39 is 28.2 Å². The average molecular weight is 654 g/mol. The van der Waals surface area contributed by atoms with Crippen LogP contribution in [0.15, 0.2) is 41.2 Å². The fourth-order valence-corrected chi connectivity index (χ4v) is 6.80. The number of hydrogen-bond donors (Lipinski definition) is 0. The number of hydrogen-bond acceptors (Lipinski definition) is 7. The van der Waals surface area contributed by atoms with Gasteiger partial charge in [0.2, 0.25) is 8.32 Å². The Balaban J connectivity index is 1.68. The minimum Gasteiger partial charge on any atom is -0.543 e. The van der Waals surface area contributed by atoms with Crippen LogP contribution in [0.1, 0.15) is 71.0 Å². The molecule has 3 heterocycles. The van der Waals surface area contributed by atoms with Crippen LogP contribution < -0.4 is 9.33 Å². The number of aromatic nitrogens is 3. The second kappa shape index (κ2) is 11.9. The summed E-state index contributed by atoms with van der Waals surface area (Å²) < 4.78 is 20.2. The Bertz CT molecular complexity index is 1550. The highest BCUT2D eigenvalue weighted by molar-refractivity contribution is 6.75. The molecule has 246 valence electrons. The number of nitrogens with zero attached hydrogens (tertiary/aromatic N) is 5. The molecule has 0 bridgehead atoms.